The normalized spacial score (nSPS) is 12.4. The van der Waals surface area contributed by atoms with Crippen molar-refractivity contribution in [3.05, 3.63) is 0 Å². The Bertz CT molecular complexity index is 118. The van der Waals surface area contributed by atoms with E-state index in [9.17, 15) is 0 Å². The van der Waals surface area contributed by atoms with Gasteiger partial charge in [0.2, 0.25) is 0 Å². The highest BCUT2D eigenvalue weighted by molar-refractivity contribution is 4.71. The second-order valence-electron chi connectivity index (χ2n) is 5.09. The highest BCUT2D eigenvalue weighted by Gasteiger charge is 2.19. The van der Waals surface area contributed by atoms with Crippen LogP contribution in [0.4, 0.5) is 0 Å². The molecule has 0 atom stereocenters. The molecule has 0 spiro atoms. The maximum atomic E-state index is 2.44. The van der Waals surface area contributed by atoms with Gasteiger partial charge in [-0.05, 0) is 17.8 Å². The highest BCUT2D eigenvalue weighted by Crippen LogP contribution is 2.32. The van der Waals surface area contributed by atoms with E-state index < -0.39 is 0 Å². The van der Waals surface area contributed by atoms with Gasteiger partial charge in [0.1, 0.15) is 0 Å². The first-order valence-electron chi connectivity index (χ1n) is 6.61. The van der Waals surface area contributed by atoms with Crippen LogP contribution in [-0.2, 0) is 0 Å². The fourth-order valence-electron chi connectivity index (χ4n) is 2.12. The van der Waals surface area contributed by atoms with Crippen molar-refractivity contribution >= 4 is 0 Å². The molecular weight excluding hydrogens is 168 g/mol. The van der Waals surface area contributed by atoms with Crippen LogP contribution in [0.3, 0.4) is 0 Å². The van der Waals surface area contributed by atoms with E-state index in [0.29, 0.717) is 5.41 Å². The first kappa shape index (κ1) is 14.0. The number of hydrogen-bond donors (Lipinski definition) is 0. The Morgan fingerprint density at radius 1 is 0.929 bits per heavy atom. The summed E-state index contributed by atoms with van der Waals surface area (Å²) < 4.78 is 0. The summed E-state index contributed by atoms with van der Waals surface area (Å²) in [7, 11) is 0. The summed E-state index contributed by atoms with van der Waals surface area (Å²) in [5.74, 6) is 0.980. The van der Waals surface area contributed by atoms with Gasteiger partial charge in [0, 0.05) is 0 Å². The zero-order valence-electron chi connectivity index (χ0n) is 11.0. The maximum absolute atomic E-state index is 2.44. The summed E-state index contributed by atoms with van der Waals surface area (Å²) >= 11 is 0. The molecule has 0 saturated carbocycles. The molecule has 0 radical (unpaired) electrons. The molecule has 0 nitrogen and oxygen atoms in total. The zero-order valence-corrected chi connectivity index (χ0v) is 11.0. The van der Waals surface area contributed by atoms with Gasteiger partial charge < -0.3 is 0 Å². The summed E-state index contributed by atoms with van der Waals surface area (Å²) in [6, 6.07) is 0. The predicted octanol–water partition coefficient (Wildman–Crippen LogP) is 5.42. The van der Waals surface area contributed by atoms with Crippen LogP contribution in [0.25, 0.3) is 0 Å². The smallest absolute Gasteiger partial charge is 0.0331 e. The molecule has 0 aliphatic heterocycles. The third-order valence-corrected chi connectivity index (χ3v) is 4.25. The van der Waals surface area contributed by atoms with Crippen molar-refractivity contribution in [3.63, 3.8) is 0 Å². The molecule has 0 aliphatic carbocycles. The average Bonchev–Trinajstić information content (AvgIpc) is 2.24. The molecule has 0 aliphatic rings. The van der Waals surface area contributed by atoms with Crippen molar-refractivity contribution in [2.45, 2.75) is 79.6 Å². The molecule has 86 valence electrons. The van der Waals surface area contributed by atoms with Crippen molar-refractivity contribution in [1.82, 2.24) is 0 Å². The Hall–Kier alpha value is 0. The van der Waals surface area contributed by atoms with Gasteiger partial charge in [-0.1, -0.05) is 73.1 Å². The molecule has 0 rings (SSSR count). The Morgan fingerprint density at radius 3 is 1.79 bits per heavy atom. The molecule has 14 heavy (non-hydrogen) atoms. The average molecular weight is 198 g/mol. The standard InChI is InChI=1S/C14H30/c1-6-13(7-2)11-10-12-14(5,8-3)9-4/h13H,6-12H2,1-5H3. The lowest BCUT2D eigenvalue weighted by atomic mass is 9.79. The molecule has 0 aromatic rings. The fraction of sp³-hybridized carbons (Fsp3) is 1.00. The van der Waals surface area contributed by atoms with Crippen LogP contribution in [0.15, 0.2) is 0 Å². The molecule has 0 aromatic carbocycles. The third kappa shape index (κ3) is 5.02. The Labute approximate surface area is 91.5 Å². The van der Waals surface area contributed by atoms with Crippen molar-refractivity contribution in [1.29, 1.82) is 0 Å². The molecule has 0 unspecified atom stereocenters. The van der Waals surface area contributed by atoms with Crippen LogP contribution in [0.2, 0.25) is 0 Å². The Morgan fingerprint density at radius 2 is 1.43 bits per heavy atom. The van der Waals surface area contributed by atoms with E-state index in [0.717, 1.165) is 5.92 Å². The Kier molecular flexibility index (Phi) is 7.31. The van der Waals surface area contributed by atoms with Crippen LogP contribution in [0, 0.1) is 11.3 Å². The molecule has 0 aromatic heterocycles. The van der Waals surface area contributed by atoms with Gasteiger partial charge in [-0.2, -0.15) is 0 Å². The van der Waals surface area contributed by atoms with Crippen molar-refractivity contribution < 1.29 is 0 Å². The van der Waals surface area contributed by atoms with Gasteiger partial charge in [-0.25, -0.2) is 0 Å². The van der Waals surface area contributed by atoms with Crippen molar-refractivity contribution in [2.75, 3.05) is 0 Å². The summed E-state index contributed by atoms with van der Waals surface area (Å²) in [5, 5.41) is 0. The van der Waals surface area contributed by atoms with Gasteiger partial charge in [-0.15, -0.1) is 0 Å². The predicted molar refractivity (Wildman–Crippen MR) is 66.6 cm³/mol. The van der Waals surface area contributed by atoms with E-state index in [1.807, 2.05) is 0 Å². The first-order chi connectivity index (χ1) is 6.61. The van der Waals surface area contributed by atoms with Crippen LogP contribution in [0.5, 0.6) is 0 Å². The monoisotopic (exact) mass is 198 g/mol. The molecular formula is C14H30. The van der Waals surface area contributed by atoms with Crippen LogP contribution in [0.1, 0.15) is 79.6 Å². The van der Waals surface area contributed by atoms with Gasteiger partial charge in [0.15, 0.2) is 0 Å². The summed E-state index contributed by atoms with van der Waals surface area (Å²) in [5.41, 5.74) is 0.617. The summed E-state index contributed by atoms with van der Waals surface area (Å²) in [6.07, 6.45) is 9.72. The largest absolute Gasteiger partial charge is 0.0651 e. The minimum absolute atomic E-state index is 0.617. The second-order valence-corrected chi connectivity index (χ2v) is 5.09. The Balaban J connectivity index is 3.70. The van der Waals surface area contributed by atoms with Crippen LogP contribution < -0.4 is 0 Å². The lowest BCUT2D eigenvalue weighted by Crippen LogP contribution is -2.14. The number of hydrogen-bond acceptors (Lipinski definition) is 0. The van der Waals surface area contributed by atoms with E-state index in [-0.39, 0.29) is 0 Å². The molecule has 0 heterocycles. The summed E-state index contributed by atoms with van der Waals surface area (Å²) in [4.78, 5) is 0. The third-order valence-electron chi connectivity index (χ3n) is 4.25. The molecule has 0 fully saturated rings. The SMILES string of the molecule is CCC(CC)CCCC(C)(CC)CC. The van der Waals surface area contributed by atoms with Gasteiger partial charge >= 0.3 is 0 Å². The molecule has 0 N–H and O–H groups in total. The van der Waals surface area contributed by atoms with Crippen LogP contribution in [-0.4, -0.2) is 0 Å². The molecule has 0 saturated heterocycles. The van der Waals surface area contributed by atoms with Gasteiger partial charge in [0.25, 0.3) is 0 Å². The van der Waals surface area contributed by atoms with E-state index in [1.165, 1.54) is 44.9 Å². The second kappa shape index (κ2) is 7.31. The van der Waals surface area contributed by atoms with Gasteiger partial charge in [-0.3, -0.25) is 0 Å². The van der Waals surface area contributed by atoms with Gasteiger partial charge in [0.05, 0.1) is 0 Å². The molecule has 0 amide bonds. The quantitative estimate of drug-likeness (QED) is 0.488. The minimum atomic E-state index is 0.617. The summed E-state index contributed by atoms with van der Waals surface area (Å²) in [6.45, 7) is 11.8. The van der Waals surface area contributed by atoms with E-state index in [2.05, 4.69) is 34.6 Å². The van der Waals surface area contributed by atoms with E-state index in [4.69, 9.17) is 0 Å². The minimum Gasteiger partial charge on any atom is -0.0651 e. The first-order valence-corrected chi connectivity index (χ1v) is 6.61. The fourth-order valence-corrected chi connectivity index (χ4v) is 2.12. The van der Waals surface area contributed by atoms with Crippen molar-refractivity contribution in [3.8, 4) is 0 Å². The highest BCUT2D eigenvalue weighted by atomic mass is 14.2. The topological polar surface area (TPSA) is 0 Å². The molecule has 0 bridgehead atoms. The lowest BCUT2D eigenvalue weighted by molar-refractivity contribution is 0.252. The number of rotatable bonds is 8. The van der Waals surface area contributed by atoms with E-state index >= 15 is 0 Å². The zero-order chi connectivity index (χ0) is 11.0. The molecule has 0 heteroatoms. The van der Waals surface area contributed by atoms with Crippen LogP contribution >= 0.6 is 0 Å². The van der Waals surface area contributed by atoms with Crippen molar-refractivity contribution in [2.24, 2.45) is 11.3 Å². The lowest BCUT2D eigenvalue weighted by Gasteiger charge is -2.27. The maximum Gasteiger partial charge on any atom is -0.0331 e. The van der Waals surface area contributed by atoms with E-state index in [1.54, 1.807) is 0 Å².